The number of methoxy groups -OCH3 is 2. The fourth-order valence-electron chi connectivity index (χ4n) is 1.31. The van der Waals surface area contributed by atoms with Crippen LogP contribution in [0, 0.1) is 11.3 Å². The average Bonchev–Trinajstić information content (AvgIpc) is 2.47. The maximum atomic E-state index is 11.5. The van der Waals surface area contributed by atoms with Crippen molar-refractivity contribution in [1.29, 1.82) is 5.26 Å². The first kappa shape index (κ1) is 15.7. The summed E-state index contributed by atoms with van der Waals surface area (Å²) >= 11 is 5.79. The molecule has 0 heterocycles. The van der Waals surface area contributed by atoms with E-state index in [9.17, 15) is 9.59 Å². The Kier molecular flexibility index (Phi) is 5.69. The van der Waals surface area contributed by atoms with Gasteiger partial charge in [-0.3, -0.25) is 4.79 Å². The Balaban J connectivity index is 3.16. The quantitative estimate of drug-likeness (QED) is 0.626. The van der Waals surface area contributed by atoms with Crippen molar-refractivity contribution in [3.05, 3.63) is 28.8 Å². The van der Waals surface area contributed by atoms with Crippen LogP contribution in [0.4, 0.5) is 5.69 Å². The minimum Gasteiger partial charge on any atom is -0.469 e. The highest BCUT2D eigenvalue weighted by Crippen LogP contribution is 2.22. The van der Waals surface area contributed by atoms with E-state index in [1.165, 1.54) is 32.4 Å². The molecule has 0 fully saturated rings. The fourth-order valence-corrected chi connectivity index (χ4v) is 1.47. The summed E-state index contributed by atoms with van der Waals surface area (Å²) < 4.78 is 9.02. The van der Waals surface area contributed by atoms with E-state index in [-0.39, 0.29) is 22.7 Å². The Morgan fingerprint density at radius 2 is 2.05 bits per heavy atom. The van der Waals surface area contributed by atoms with Crippen molar-refractivity contribution < 1.29 is 19.1 Å². The third-order valence-corrected chi connectivity index (χ3v) is 2.62. The van der Waals surface area contributed by atoms with Crippen LogP contribution in [0.1, 0.15) is 12.0 Å². The fraction of sp³-hybridized carbons (Fsp3) is 0.231. The molecular weight excluding hydrogens is 284 g/mol. The number of hydrogen-bond donors (Lipinski definition) is 0. The highest BCUT2D eigenvalue weighted by molar-refractivity contribution is 6.39. The largest absolute Gasteiger partial charge is 0.469 e. The van der Waals surface area contributed by atoms with Gasteiger partial charge in [-0.05, 0) is 18.2 Å². The van der Waals surface area contributed by atoms with Gasteiger partial charge in [0.2, 0.25) is 0 Å². The molecule has 0 aliphatic rings. The van der Waals surface area contributed by atoms with Crippen molar-refractivity contribution in [3.8, 4) is 6.07 Å². The Morgan fingerprint density at radius 3 is 2.60 bits per heavy atom. The first-order valence-electron chi connectivity index (χ1n) is 5.44. The Hall–Kier alpha value is -2.39. The number of nitrogens with zero attached hydrogens (tertiary/aromatic N) is 2. The van der Waals surface area contributed by atoms with Crippen LogP contribution in [-0.2, 0) is 19.1 Å². The number of esters is 2. The second kappa shape index (κ2) is 7.26. The van der Waals surface area contributed by atoms with Gasteiger partial charge in [0.1, 0.15) is 11.8 Å². The topological polar surface area (TPSA) is 88.8 Å². The molecule has 6 nitrogen and oxygen atoms in total. The second-order valence-corrected chi connectivity index (χ2v) is 3.99. The molecule has 0 N–H and O–H groups in total. The van der Waals surface area contributed by atoms with E-state index in [1.54, 1.807) is 0 Å². The van der Waals surface area contributed by atoms with Crippen LogP contribution < -0.4 is 0 Å². The maximum absolute atomic E-state index is 11.5. The van der Waals surface area contributed by atoms with Crippen molar-refractivity contribution >= 4 is 34.9 Å². The molecule has 0 aliphatic heterocycles. The molecule has 0 radical (unpaired) electrons. The molecule has 20 heavy (non-hydrogen) atoms. The smallest absolute Gasteiger partial charge is 0.353 e. The van der Waals surface area contributed by atoms with Crippen LogP contribution in [-0.4, -0.2) is 31.9 Å². The summed E-state index contributed by atoms with van der Waals surface area (Å²) in [6.45, 7) is 0. The lowest BCUT2D eigenvalue weighted by molar-refractivity contribution is -0.140. The van der Waals surface area contributed by atoms with Gasteiger partial charge < -0.3 is 9.47 Å². The zero-order valence-corrected chi connectivity index (χ0v) is 11.6. The van der Waals surface area contributed by atoms with Gasteiger partial charge in [-0.2, -0.15) is 5.26 Å². The summed E-state index contributed by atoms with van der Waals surface area (Å²) in [5, 5.41) is 9.14. The zero-order valence-electron chi connectivity index (χ0n) is 10.8. The summed E-state index contributed by atoms with van der Waals surface area (Å²) in [6.07, 6.45) is -0.326. The van der Waals surface area contributed by atoms with Crippen molar-refractivity contribution in [2.45, 2.75) is 6.42 Å². The van der Waals surface area contributed by atoms with E-state index in [1.807, 2.05) is 6.07 Å². The van der Waals surface area contributed by atoms with Gasteiger partial charge in [0.25, 0.3) is 0 Å². The van der Waals surface area contributed by atoms with E-state index < -0.39 is 11.9 Å². The minimum atomic E-state index is -0.746. The van der Waals surface area contributed by atoms with Crippen molar-refractivity contribution in [2.24, 2.45) is 4.99 Å². The first-order chi connectivity index (χ1) is 9.51. The van der Waals surface area contributed by atoms with Crippen molar-refractivity contribution in [1.82, 2.24) is 0 Å². The molecule has 0 bridgehead atoms. The van der Waals surface area contributed by atoms with Crippen LogP contribution in [0.5, 0.6) is 0 Å². The van der Waals surface area contributed by atoms with Crippen LogP contribution in [0.2, 0.25) is 5.02 Å². The lowest BCUT2D eigenvalue weighted by Crippen LogP contribution is -2.20. The van der Waals surface area contributed by atoms with Crippen molar-refractivity contribution in [2.75, 3.05) is 14.2 Å². The molecule has 0 spiro atoms. The molecule has 0 aliphatic carbocycles. The number of aliphatic imine (C=N–C) groups is 1. The summed E-state index contributed by atoms with van der Waals surface area (Å²) in [5.41, 5.74) is 0.413. The van der Waals surface area contributed by atoms with E-state index in [0.29, 0.717) is 5.69 Å². The number of carbonyl (C=O) groups excluding carboxylic acids is 2. The monoisotopic (exact) mass is 294 g/mol. The van der Waals surface area contributed by atoms with Gasteiger partial charge in [0.15, 0.2) is 0 Å². The molecule has 104 valence electrons. The number of halogens is 1. The van der Waals surface area contributed by atoms with Gasteiger partial charge >= 0.3 is 11.9 Å². The van der Waals surface area contributed by atoms with Gasteiger partial charge in [-0.25, -0.2) is 9.79 Å². The van der Waals surface area contributed by atoms with Crippen LogP contribution in [0.3, 0.4) is 0 Å². The summed E-state index contributed by atoms with van der Waals surface area (Å²) in [4.78, 5) is 26.8. The Morgan fingerprint density at radius 1 is 1.35 bits per heavy atom. The van der Waals surface area contributed by atoms with E-state index >= 15 is 0 Å². The summed E-state index contributed by atoms with van der Waals surface area (Å²) in [5.74, 6) is -1.37. The van der Waals surface area contributed by atoms with Gasteiger partial charge in [0, 0.05) is 0 Å². The lowest BCUT2D eigenvalue weighted by Gasteiger charge is -2.04. The standard InChI is InChI=1S/C13H11ClN2O4/c1-19-12(17)6-11(13(18)20-2)16-9-3-4-10(14)8(5-9)7-15/h3-5H,6H2,1-2H3. The highest BCUT2D eigenvalue weighted by atomic mass is 35.5. The summed E-state index contributed by atoms with van der Waals surface area (Å²) in [7, 11) is 2.38. The van der Waals surface area contributed by atoms with Gasteiger partial charge in [-0.1, -0.05) is 11.6 Å². The number of hydrogen-bond acceptors (Lipinski definition) is 6. The highest BCUT2D eigenvalue weighted by Gasteiger charge is 2.17. The molecule has 0 aromatic heterocycles. The Bertz CT molecular complexity index is 605. The van der Waals surface area contributed by atoms with Gasteiger partial charge in [0.05, 0.1) is 36.9 Å². The Labute approximate surface area is 120 Å². The molecule has 1 aromatic rings. The predicted octanol–water partition coefficient (Wildman–Crippen LogP) is 2.02. The van der Waals surface area contributed by atoms with E-state index in [2.05, 4.69) is 14.5 Å². The third kappa shape index (κ3) is 4.07. The maximum Gasteiger partial charge on any atom is 0.353 e. The number of nitriles is 1. The molecule has 0 atom stereocenters. The van der Waals surface area contributed by atoms with Gasteiger partial charge in [-0.15, -0.1) is 0 Å². The van der Waals surface area contributed by atoms with Crippen molar-refractivity contribution in [3.63, 3.8) is 0 Å². The molecular formula is C13H11ClN2O4. The second-order valence-electron chi connectivity index (χ2n) is 3.58. The average molecular weight is 295 g/mol. The molecule has 1 rings (SSSR count). The first-order valence-corrected chi connectivity index (χ1v) is 5.82. The summed E-state index contributed by atoms with van der Waals surface area (Å²) in [6, 6.07) is 6.30. The SMILES string of the molecule is COC(=O)CC(=Nc1ccc(Cl)c(C#N)c1)C(=O)OC. The normalized spacial score (nSPS) is 10.6. The number of carbonyl (C=O) groups is 2. The molecule has 7 heteroatoms. The van der Waals surface area contributed by atoms with E-state index in [0.717, 1.165) is 0 Å². The minimum absolute atomic E-state index is 0.120. The number of ether oxygens (including phenoxy) is 2. The van der Waals surface area contributed by atoms with E-state index in [4.69, 9.17) is 16.9 Å². The number of benzene rings is 1. The van der Waals surface area contributed by atoms with Crippen LogP contribution in [0.25, 0.3) is 0 Å². The lowest BCUT2D eigenvalue weighted by atomic mass is 10.2. The molecule has 0 amide bonds. The van der Waals surface area contributed by atoms with Crippen LogP contribution >= 0.6 is 11.6 Å². The molecule has 0 saturated heterocycles. The number of rotatable bonds is 4. The van der Waals surface area contributed by atoms with Crippen LogP contribution in [0.15, 0.2) is 23.2 Å². The predicted molar refractivity (Wildman–Crippen MR) is 71.9 cm³/mol. The third-order valence-electron chi connectivity index (χ3n) is 2.29. The molecule has 0 unspecified atom stereocenters. The molecule has 0 saturated carbocycles. The zero-order chi connectivity index (χ0) is 15.1. The molecule has 1 aromatic carbocycles.